The van der Waals surface area contributed by atoms with E-state index in [-0.39, 0.29) is 35.5 Å². The number of benzene rings is 4. The summed E-state index contributed by atoms with van der Waals surface area (Å²) < 4.78 is 44.0. The Labute approximate surface area is 285 Å². The Hall–Kier alpha value is -4.02. The van der Waals surface area contributed by atoms with Gasteiger partial charge in [-0.1, -0.05) is 95.4 Å². The Morgan fingerprint density at radius 1 is 0.872 bits per heavy atom. The van der Waals surface area contributed by atoms with Crippen LogP contribution in [0.5, 0.6) is 0 Å². The Kier molecular flexibility index (Phi) is 11.5. The molecule has 4 aromatic carbocycles. The van der Waals surface area contributed by atoms with Crippen LogP contribution in [-0.4, -0.2) is 43.8 Å². The van der Waals surface area contributed by atoms with Crippen molar-refractivity contribution in [2.24, 2.45) is 0 Å². The molecule has 1 unspecified atom stereocenters. The Morgan fingerprint density at radius 2 is 1.53 bits per heavy atom. The lowest BCUT2D eigenvalue weighted by Crippen LogP contribution is -2.55. The first-order valence-corrected chi connectivity index (χ1v) is 18.1. The molecule has 0 saturated heterocycles. The van der Waals surface area contributed by atoms with Crippen LogP contribution in [0.15, 0.2) is 112 Å². The van der Waals surface area contributed by atoms with Gasteiger partial charge in [-0.25, -0.2) is 12.8 Å². The van der Waals surface area contributed by atoms with E-state index in [1.165, 1.54) is 29.2 Å². The molecule has 0 aliphatic heterocycles. The van der Waals surface area contributed by atoms with Gasteiger partial charge in [0.1, 0.15) is 18.4 Å². The maximum Gasteiger partial charge on any atom is 0.264 e. The maximum atomic E-state index is 14.6. The molecule has 0 spiro atoms. The number of sulfonamides is 1. The van der Waals surface area contributed by atoms with Gasteiger partial charge in [-0.3, -0.25) is 13.9 Å². The van der Waals surface area contributed by atoms with Gasteiger partial charge in [-0.05, 0) is 79.4 Å². The van der Waals surface area contributed by atoms with Crippen molar-refractivity contribution in [2.75, 3.05) is 10.8 Å². The van der Waals surface area contributed by atoms with Gasteiger partial charge in [-0.2, -0.15) is 0 Å². The summed E-state index contributed by atoms with van der Waals surface area (Å²) in [7, 11) is -4.26. The Bertz CT molecular complexity index is 1760. The lowest BCUT2D eigenvalue weighted by molar-refractivity contribution is -0.140. The highest BCUT2D eigenvalue weighted by Gasteiger charge is 2.35. The molecule has 1 fully saturated rings. The van der Waals surface area contributed by atoms with Crippen LogP contribution in [0.4, 0.5) is 10.1 Å². The van der Waals surface area contributed by atoms with E-state index in [0.29, 0.717) is 0 Å². The zero-order valence-electron chi connectivity index (χ0n) is 26.3. The number of aryl methyl sites for hydroxylation is 1. The summed E-state index contributed by atoms with van der Waals surface area (Å²) >= 11 is 3.51. The third-order valence-corrected chi connectivity index (χ3v) is 10.7. The molecule has 47 heavy (non-hydrogen) atoms. The standard InChI is InChI=1S/C37H39BrFN3O4S/c1-27-15-21-34(22-16-27)47(45,46)42(33-19-17-31(39)18-20-33)26-36(43)41(25-29-11-8-12-30(38)23-29)35(24-28-9-4-2-5-10-28)37(44)40-32-13-6-3-7-14-32/h2,4-5,8-12,15-23,32,35H,3,6-7,13-14,24-26H2,1H3,(H,40,44). The average Bonchev–Trinajstić information content (AvgIpc) is 3.06. The molecular weight excluding hydrogens is 681 g/mol. The molecular formula is C37H39BrFN3O4S. The van der Waals surface area contributed by atoms with Crippen molar-refractivity contribution in [1.82, 2.24) is 10.2 Å². The van der Waals surface area contributed by atoms with Crippen LogP contribution in [0, 0.1) is 12.7 Å². The van der Waals surface area contributed by atoms with E-state index in [0.717, 1.165) is 69.7 Å². The molecule has 0 bridgehead atoms. The van der Waals surface area contributed by atoms with Crippen LogP contribution in [0.2, 0.25) is 0 Å². The van der Waals surface area contributed by atoms with Crippen molar-refractivity contribution < 1.29 is 22.4 Å². The summed E-state index contributed by atoms with van der Waals surface area (Å²) in [5.41, 5.74) is 2.65. The Morgan fingerprint density at radius 3 is 2.19 bits per heavy atom. The zero-order valence-corrected chi connectivity index (χ0v) is 28.7. The maximum absolute atomic E-state index is 14.6. The number of anilines is 1. The molecule has 0 radical (unpaired) electrons. The van der Waals surface area contributed by atoms with Crippen LogP contribution >= 0.6 is 15.9 Å². The quantitative estimate of drug-likeness (QED) is 0.168. The van der Waals surface area contributed by atoms with Gasteiger partial charge < -0.3 is 10.2 Å². The van der Waals surface area contributed by atoms with Gasteiger partial charge in [0, 0.05) is 23.5 Å². The molecule has 2 amide bonds. The van der Waals surface area contributed by atoms with Gasteiger partial charge in [0.05, 0.1) is 10.6 Å². The van der Waals surface area contributed by atoms with Crippen molar-refractivity contribution in [3.05, 3.63) is 130 Å². The molecule has 0 heterocycles. The van der Waals surface area contributed by atoms with E-state index in [4.69, 9.17) is 0 Å². The van der Waals surface area contributed by atoms with Crippen LogP contribution in [0.25, 0.3) is 0 Å². The number of nitrogens with one attached hydrogen (secondary N) is 1. The average molecular weight is 721 g/mol. The number of amides is 2. The first kappa shape index (κ1) is 34.3. The molecule has 246 valence electrons. The number of rotatable bonds is 12. The fourth-order valence-corrected chi connectivity index (χ4v) is 7.76. The smallest absolute Gasteiger partial charge is 0.264 e. The molecule has 1 aliphatic rings. The molecule has 4 aromatic rings. The first-order chi connectivity index (χ1) is 22.6. The van der Waals surface area contributed by atoms with Crippen LogP contribution < -0.4 is 9.62 Å². The van der Waals surface area contributed by atoms with E-state index in [9.17, 15) is 22.4 Å². The topological polar surface area (TPSA) is 86.8 Å². The molecule has 7 nitrogen and oxygen atoms in total. The highest BCUT2D eigenvalue weighted by Crippen LogP contribution is 2.26. The van der Waals surface area contributed by atoms with Crippen molar-refractivity contribution in [1.29, 1.82) is 0 Å². The van der Waals surface area contributed by atoms with Crippen LogP contribution in [0.1, 0.15) is 48.8 Å². The SMILES string of the molecule is Cc1ccc(S(=O)(=O)N(CC(=O)N(Cc2cccc(Br)c2)C(Cc2ccccc2)C(=O)NC2CCCCC2)c2ccc(F)cc2)cc1. The number of halogens is 2. The first-order valence-electron chi connectivity index (χ1n) is 15.8. The highest BCUT2D eigenvalue weighted by atomic mass is 79.9. The minimum atomic E-state index is -4.26. The molecule has 0 aromatic heterocycles. The van der Waals surface area contributed by atoms with Gasteiger partial charge in [0.15, 0.2) is 0 Å². The third kappa shape index (κ3) is 9.08. The minimum Gasteiger partial charge on any atom is -0.352 e. The fraction of sp³-hybridized carbons (Fsp3) is 0.297. The summed E-state index contributed by atoms with van der Waals surface area (Å²) in [6, 6.07) is 27.4. The second kappa shape index (κ2) is 15.7. The van der Waals surface area contributed by atoms with E-state index in [1.54, 1.807) is 12.1 Å². The van der Waals surface area contributed by atoms with Gasteiger partial charge in [0.2, 0.25) is 11.8 Å². The van der Waals surface area contributed by atoms with Crippen molar-refractivity contribution in [3.63, 3.8) is 0 Å². The zero-order chi connectivity index (χ0) is 33.4. The summed E-state index contributed by atoms with van der Waals surface area (Å²) in [5.74, 6) is -1.38. The van der Waals surface area contributed by atoms with Crippen LogP contribution in [0.3, 0.4) is 0 Å². The summed E-state index contributed by atoms with van der Waals surface area (Å²) in [6.45, 7) is 1.32. The molecule has 1 atom stereocenters. The second-order valence-corrected chi connectivity index (χ2v) is 14.8. The lowest BCUT2D eigenvalue weighted by Gasteiger charge is -2.35. The number of carbonyl (C=O) groups is 2. The van der Waals surface area contributed by atoms with Crippen molar-refractivity contribution in [2.45, 2.75) is 69.0 Å². The fourth-order valence-electron chi connectivity index (χ4n) is 5.90. The van der Waals surface area contributed by atoms with Gasteiger partial charge in [0.25, 0.3) is 10.0 Å². The van der Waals surface area contributed by atoms with Gasteiger partial charge in [-0.15, -0.1) is 0 Å². The highest BCUT2D eigenvalue weighted by molar-refractivity contribution is 9.10. The monoisotopic (exact) mass is 719 g/mol. The van der Waals surface area contributed by atoms with Gasteiger partial charge >= 0.3 is 0 Å². The van der Waals surface area contributed by atoms with E-state index >= 15 is 0 Å². The molecule has 1 saturated carbocycles. The van der Waals surface area contributed by atoms with E-state index in [2.05, 4.69) is 21.2 Å². The predicted octanol–water partition coefficient (Wildman–Crippen LogP) is 7.18. The number of hydrogen-bond donors (Lipinski definition) is 1. The second-order valence-electron chi connectivity index (χ2n) is 12.0. The molecule has 5 rings (SSSR count). The number of carbonyl (C=O) groups excluding carboxylic acids is 2. The lowest BCUT2D eigenvalue weighted by atomic mass is 9.94. The summed E-state index contributed by atoms with van der Waals surface area (Å²) in [4.78, 5) is 30.2. The number of hydrogen-bond acceptors (Lipinski definition) is 4. The minimum absolute atomic E-state index is 0.00496. The predicted molar refractivity (Wildman–Crippen MR) is 186 cm³/mol. The largest absolute Gasteiger partial charge is 0.352 e. The number of nitrogens with zero attached hydrogens (tertiary/aromatic N) is 2. The summed E-state index contributed by atoms with van der Waals surface area (Å²) in [6.07, 6.45) is 5.16. The molecule has 10 heteroatoms. The van der Waals surface area contributed by atoms with Crippen LogP contribution in [-0.2, 0) is 32.6 Å². The van der Waals surface area contributed by atoms with E-state index in [1.807, 2.05) is 61.5 Å². The summed E-state index contributed by atoms with van der Waals surface area (Å²) in [5, 5.41) is 3.21. The van der Waals surface area contributed by atoms with Crippen molar-refractivity contribution >= 4 is 43.5 Å². The van der Waals surface area contributed by atoms with Crippen molar-refractivity contribution in [3.8, 4) is 0 Å². The third-order valence-electron chi connectivity index (χ3n) is 8.47. The molecule has 1 N–H and O–H groups in total. The molecule has 1 aliphatic carbocycles. The normalized spacial score (nSPS) is 14.3. The Balaban J connectivity index is 1.56. The van der Waals surface area contributed by atoms with E-state index < -0.39 is 34.3 Å².